The second kappa shape index (κ2) is 6.87. The van der Waals surface area contributed by atoms with E-state index in [1.165, 1.54) is 31.5 Å². The Morgan fingerprint density at radius 3 is 2.26 bits per heavy atom. The van der Waals surface area contributed by atoms with Gasteiger partial charge in [-0.1, -0.05) is 41.9 Å². The van der Waals surface area contributed by atoms with Crippen molar-refractivity contribution in [3.63, 3.8) is 0 Å². The van der Waals surface area contributed by atoms with Gasteiger partial charge in [-0.2, -0.15) is 0 Å². The molecule has 1 aliphatic rings. The lowest BCUT2D eigenvalue weighted by Crippen LogP contribution is -2.40. The number of nitrogens with two attached hydrogens (primary N) is 1. The first-order valence-corrected chi connectivity index (χ1v) is 8.10. The van der Waals surface area contributed by atoms with Gasteiger partial charge in [-0.05, 0) is 55.5 Å². The zero-order valence-electron chi connectivity index (χ0n) is 12.0. The molecule has 1 saturated heterocycles. The largest absolute Gasteiger partial charge is 0.329 e. The van der Waals surface area contributed by atoms with Gasteiger partial charge >= 0.3 is 0 Å². The molecule has 0 bridgehead atoms. The average molecular weight is 325 g/mol. The molecule has 1 fully saturated rings. The fourth-order valence-corrected chi connectivity index (χ4v) is 3.34. The van der Waals surface area contributed by atoms with Crippen molar-refractivity contribution in [1.29, 1.82) is 0 Å². The Labute approximate surface area is 125 Å². The molecule has 2 N–H and O–H groups in total. The van der Waals surface area contributed by atoms with Crippen LogP contribution in [-0.2, 0) is 0 Å². The van der Waals surface area contributed by atoms with Crippen LogP contribution in [0.3, 0.4) is 0 Å². The molecule has 0 spiro atoms. The van der Waals surface area contributed by atoms with Crippen LogP contribution in [0.15, 0.2) is 28.7 Å². The summed E-state index contributed by atoms with van der Waals surface area (Å²) in [6.45, 7) is 7.75. The van der Waals surface area contributed by atoms with E-state index in [1.807, 2.05) is 0 Å². The Hall–Kier alpha value is -0.380. The van der Waals surface area contributed by atoms with E-state index in [1.54, 1.807) is 0 Å². The van der Waals surface area contributed by atoms with Crippen LogP contribution >= 0.6 is 15.9 Å². The fourth-order valence-electron chi connectivity index (χ4n) is 3.08. The van der Waals surface area contributed by atoms with Crippen LogP contribution in [0.25, 0.3) is 0 Å². The first-order chi connectivity index (χ1) is 9.11. The van der Waals surface area contributed by atoms with E-state index in [0.717, 1.165) is 16.3 Å². The summed E-state index contributed by atoms with van der Waals surface area (Å²) in [4.78, 5) is 2.56. The third kappa shape index (κ3) is 3.80. The van der Waals surface area contributed by atoms with E-state index in [9.17, 15) is 0 Å². The van der Waals surface area contributed by atoms with Gasteiger partial charge in [-0.15, -0.1) is 0 Å². The summed E-state index contributed by atoms with van der Waals surface area (Å²) < 4.78 is 1.13. The Balaban J connectivity index is 2.01. The van der Waals surface area contributed by atoms with Gasteiger partial charge in [-0.25, -0.2) is 0 Å². The minimum absolute atomic E-state index is 0.376. The molecule has 106 valence electrons. The number of likely N-dealkylation sites (tertiary alicyclic amines) is 1. The van der Waals surface area contributed by atoms with Gasteiger partial charge in [0.15, 0.2) is 0 Å². The molecule has 1 atom stereocenters. The molecule has 2 rings (SSSR count). The van der Waals surface area contributed by atoms with E-state index < -0.39 is 0 Å². The van der Waals surface area contributed by atoms with E-state index in [-0.39, 0.29) is 0 Å². The van der Waals surface area contributed by atoms with Gasteiger partial charge in [0, 0.05) is 17.1 Å². The summed E-state index contributed by atoms with van der Waals surface area (Å²) in [5.74, 6) is 1.70. The number of nitrogens with zero attached hydrogens (tertiary/aromatic N) is 1. The van der Waals surface area contributed by atoms with Gasteiger partial charge in [0.1, 0.15) is 0 Å². The van der Waals surface area contributed by atoms with Crippen LogP contribution in [0, 0.1) is 11.8 Å². The van der Waals surface area contributed by atoms with Crippen molar-refractivity contribution in [2.75, 3.05) is 19.6 Å². The van der Waals surface area contributed by atoms with Crippen LogP contribution in [0.2, 0.25) is 0 Å². The van der Waals surface area contributed by atoms with Crippen LogP contribution in [0.4, 0.5) is 0 Å². The summed E-state index contributed by atoms with van der Waals surface area (Å²) in [6.07, 6.45) is 2.62. The summed E-state index contributed by atoms with van der Waals surface area (Å²) in [7, 11) is 0. The number of hydrogen-bond donors (Lipinski definition) is 1. The number of piperidine rings is 1. The fraction of sp³-hybridized carbons (Fsp3) is 0.625. The Morgan fingerprint density at radius 2 is 1.79 bits per heavy atom. The van der Waals surface area contributed by atoms with Gasteiger partial charge in [0.05, 0.1) is 0 Å². The molecular formula is C16H25BrN2. The van der Waals surface area contributed by atoms with Gasteiger partial charge in [-0.3, -0.25) is 4.90 Å². The molecule has 0 amide bonds. The summed E-state index contributed by atoms with van der Waals surface area (Å²) >= 11 is 3.49. The lowest BCUT2D eigenvalue weighted by Gasteiger charge is -2.38. The molecule has 1 unspecified atom stereocenters. The first kappa shape index (κ1) is 15.0. The first-order valence-electron chi connectivity index (χ1n) is 7.31. The average Bonchev–Trinajstić information content (AvgIpc) is 2.42. The molecule has 0 radical (unpaired) electrons. The van der Waals surface area contributed by atoms with Crippen molar-refractivity contribution in [1.82, 2.24) is 4.90 Å². The van der Waals surface area contributed by atoms with Crippen LogP contribution in [0.5, 0.6) is 0 Å². The third-order valence-corrected chi connectivity index (χ3v) is 4.96. The maximum absolute atomic E-state index is 6.01. The predicted octanol–water partition coefficient (Wildman–Crippen LogP) is 3.82. The Morgan fingerprint density at radius 1 is 1.21 bits per heavy atom. The minimum atomic E-state index is 0.376. The second-order valence-corrected chi connectivity index (χ2v) is 6.84. The lowest BCUT2D eigenvalue weighted by atomic mass is 9.86. The van der Waals surface area contributed by atoms with Crippen molar-refractivity contribution in [2.24, 2.45) is 17.6 Å². The molecule has 3 heteroatoms. The van der Waals surface area contributed by atoms with Crippen molar-refractivity contribution in [3.8, 4) is 0 Å². The molecule has 1 heterocycles. The summed E-state index contributed by atoms with van der Waals surface area (Å²) in [5, 5.41) is 0. The molecule has 2 nitrogen and oxygen atoms in total. The quantitative estimate of drug-likeness (QED) is 0.912. The van der Waals surface area contributed by atoms with Crippen molar-refractivity contribution in [3.05, 3.63) is 34.3 Å². The summed E-state index contributed by atoms with van der Waals surface area (Å²) in [5.41, 5.74) is 7.36. The highest BCUT2D eigenvalue weighted by molar-refractivity contribution is 9.10. The standard InChI is InChI=1S/C16H25BrN2/c1-12(2)13-7-9-19(10-8-13)16(11-18)14-3-5-15(17)6-4-14/h3-6,12-13,16H,7-11,18H2,1-2H3. The predicted molar refractivity (Wildman–Crippen MR) is 85.1 cm³/mol. The van der Waals surface area contributed by atoms with E-state index >= 15 is 0 Å². The molecule has 1 aromatic rings. The van der Waals surface area contributed by atoms with Gasteiger partial charge in [0.25, 0.3) is 0 Å². The lowest BCUT2D eigenvalue weighted by molar-refractivity contribution is 0.117. The topological polar surface area (TPSA) is 29.3 Å². The van der Waals surface area contributed by atoms with Gasteiger partial charge < -0.3 is 5.73 Å². The van der Waals surface area contributed by atoms with Crippen LogP contribution < -0.4 is 5.73 Å². The SMILES string of the molecule is CC(C)C1CCN(C(CN)c2ccc(Br)cc2)CC1. The van der Waals surface area contributed by atoms with Crippen molar-refractivity contribution in [2.45, 2.75) is 32.7 Å². The summed E-state index contributed by atoms with van der Waals surface area (Å²) in [6, 6.07) is 8.98. The number of halogens is 1. The zero-order chi connectivity index (χ0) is 13.8. The maximum Gasteiger partial charge on any atom is 0.0470 e. The zero-order valence-corrected chi connectivity index (χ0v) is 13.6. The van der Waals surface area contributed by atoms with Crippen LogP contribution in [0.1, 0.15) is 38.3 Å². The molecule has 19 heavy (non-hydrogen) atoms. The Bertz CT molecular complexity index is 380. The van der Waals surface area contributed by atoms with E-state index in [0.29, 0.717) is 12.6 Å². The van der Waals surface area contributed by atoms with Gasteiger partial charge in [0.2, 0.25) is 0 Å². The highest BCUT2D eigenvalue weighted by atomic mass is 79.9. The van der Waals surface area contributed by atoms with E-state index in [4.69, 9.17) is 5.73 Å². The highest BCUT2D eigenvalue weighted by Gasteiger charge is 2.26. The monoisotopic (exact) mass is 324 g/mol. The van der Waals surface area contributed by atoms with Crippen molar-refractivity contribution < 1.29 is 0 Å². The van der Waals surface area contributed by atoms with Crippen molar-refractivity contribution >= 4 is 15.9 Å². The van der Waals surface area contributed by atoms with Crippen LogP contribution in [-0.4, -0.2) is 24.5 Å². The number of rotatable bonds is 4. The third-order valence-electron chi connectivity index (χ3n) is 4.44. The van der Waals surface area contributed by atoms with E-state index in [2.05, 4.69) is 58.9 Å². The second-order valence-electron chi connectivity index (χ2n) is 5.92. The number of hydrogen-bond acceptors (Lipinski definition) is 2. The maximum atomic E-state index is 6.01. The minimum Gasteiger partial charge on any atom is -0.329 e. The smallest absolute Gasteiger partial charge is 0.0470 e. The highest BCUT2D eigenvalue weighted by Crippen LogP contribution is 2.30. The molecule has 0 aromatic heterocycles. The normalized spacial score (nSPS) is 19.8. The molecule has 1 aromatic carbocycles. The molecule has 1 aliphatic heterocycles. The molecule has 0 saturated carbocycles. The number of benzene rings is 1. The molecular weight excluding hydrogens is 300 g/mol. The molecule has 0 aliphatic carbocycles. The Kier molecular flexibility index (Phi) is 5.43.